The molecule has 1 N–H and O–H groups in total. The summed E-state index contributed by atoms with van der Waals surface area (Å²) in [6.45, 7) is 4.51. The Bertz CT molecular complexity index is 561. The van der Waals surface area contributed by atoms with Crippen LogP contribution in [0, 0.1) is 11.8 Å². The van der Waals surface area contributed by atoms with Crippen LogP contribution in [-0.2, 0) is 14.3 Å². The van der Waals surface area contributed by atoms with Crippen LogP contribution in [0.15, 0.2) is 0 Å². The van der Waals surface area contributed by atoms with Crippen LogP contribution in [0.3, 0.4) is 0 Å². The highest BCUT2D eigenvalue weighted by molar-refractivity contribution is 5.81. The van der Waals surface area contributed by atoms with E-state index in [2.05, 4.69) is 13.8 Å². The van der Waals surface area contributed by atoms with E-state index in [1.165, 1.54) is 122 Å². The third-order valence-electron chi connectivity index (χ3n) is 8.68. The second-order valence-corrected chi connectivity index (χ2v) is 12.2. The summed E-state index contributed by atoms with van der Waals surface area (Å²) in [5, 5.41) is 9.57. The van der Waals surface area contributed by atoms with Gasteiger partial charge in [-0.05, 0) is 38.5 Å². The van der Waals surface area contributed by atoms with E-state index in [9.17, 15) is 14.7 Å². The summed E-state index contributed by atoms with van der Waals surface area (Å²) in [6.07, 6.45) is 32.7. The molecule has 224 valence electrons. The van der Waals surface area contributed by atoms with Gasteiger partial charge in [0.1, 0.15) is 6.10 Å². The number of carbonyl (C=O) groups is 2. The molecule has 1 saturated carbocycles. The molecule has 0 saturated heterocycles. The van der Waals surface area contributed by atoms with Crippen LogP contribution >= 0.6 is 0 Å². The maximum atomic E-state index is 12.9. The summed E-state index contributed by atoms with van der Waals surface area (Å²) < 4.78 is 6.00. The molecule has 0 aromatic carbocycles. The normalized spacial score (nSPS) is 18.4. The van der Waals surface area contributed by atoms with Crippen molar-refractivity contribution < 1.29 is 19.4 Å². The van der Waals surface area contributed by atoms with Gasteiger partial charge in [0, 0.05) is 0 Å². The van der Waals surface area contributed by atoms with Crippen LogP contribution in [0.4, 0.5) is 0 Å². The van der Waals surface area contributed by atoms with Gasteiger partial charge in [-0.1, -0.05) is 149 Å². The van der Waals surface area contributed by atoms with Gasteiger partial charge in [0.25, 0.3) is 0 Å². The number of hydrogen-bond donors (Lipinski definition) is 1. The molecule has 4 heteroatoms. The molecule has 1 aliphatic carbocycles. The first-order valence-corrected chi connectivity index (χ1v) is 17.0. The van der Waals surface area contributed by atoms with Crippen LogP contribution in [0.5, 0.6) is 0 Å². The lowest BCUT2D eigenvalue weighted by molar-refractivity contribution is -0.164. The SMILES string of the molecule is CCCCCCCCCCCCCCCCCCC(CCCCCCC)OC(=O)C1CCCCC1C(=O)O. The number of rotatable bonds is 26. The molecule has 0 amide bonds. The van der Waals surface area contributed by atoms with Crippen LogP contribution < -0.4 is 0 Å². The van der Waals surface area contributed by atoms with Gasteiger partial charge < -0.3 is 9.84 Å². The number of ether oxygens (including phenoxy) is 1. The zero-order valence-corrected chi connectivity index (χ0v) is 25.5. The van der Waals surface area contributed by atoms with Gasteiger partial charge in [-0.15, -0.1) is 0 Å². The highest BCUT2D eigenvalue weighted by Crippen LogP contribution is 2.32. The minimum absolute atomic E-state index is 0.0351. The van der Waals surface area contributed by atoms with E-state index in [0.717, 1.165) is 38.5 Å². The van der Waals surface area contributed by atoms with E-state index in [4.69, 9.17) is 4.74 Å². The predicted octanol–water partition coefficient (Wildman–Crippen LogP) is 10.8. The summed E-state index contributed by atoms with van der Waals surface area (Å²) in [5.41, 5.74) is 0. The van der Waals surface area contributed by atoms with Crippen molar-refractivity contribution >= 4 is 11.9 Å². The molecule has 0 heterocycles. The Hall–Kier alpha value is -1.06. The fraction of sp³-hybridized carbons (Fsp3) is 0.941. The molecule has 0 spiro atoms. The Morgan fingerprint density at radius 3 is 1.29 bits per heavy atom. The third-order valence-corrected chi connectivity index (χ3v) is 8.68. The zero-order chi connectivity index (χ0) is 27.7. The second-order valence-electron chi connectivity index (χ2n) is 12.2. The zero-order valence-electron chi connectivity index (χ0n) is 25.5. The average Bonchev–Trinajstić information content (AvgIpc) is 2.92. The summed E-state index contributed by atoms with van der Waals surface area (Å²) in [6, 6.07) is 0. The van der Waals surface area contributed by atoms with Gasteiger partial charge in [-0.2, -0.15) is 0 Å². The molecule has 1 fully saturated rings. The number of hydrogen-bond acceptors (Lipinski definition) is 3. The molecular formula is C34H64O4. The Labute approximate surface area is 236 Å². The quantitative estimate of drug-likeness (QED) is 0.0882. The number of carboxylic acid groups (broad SMARTS) is 1. The average molecular weight is 537 g/mol. The van der Waals surface area contributed by atoms with Crippen molar-refractivity contribution in [2.45, 2.75) is 193 Å². The first kappa shape index (κ1) is 35.0. The van der Waals surface area contributed by atoms with Crippen molar-refractivity contribution in [1.29, 1.82) is 0 Å². The third kappa shape index (κ3) is 18.3. The molecule has 3 unspecified atom stereocenters. The molecule has 0 aromatic heterocycles. The summed E-state index contributed by atoms with van der Waals surface area (Å²) in [7, 11) is 0. The Kier molecular flexibility index (Phi) is 23.0. The van der Waals surface area contributed by atoms with E-state index >= 15 is 0 Å². The van der Waals surface area contributed by atoms with Gasteiger partial charge in [-0.3, -0.25) is 9.59 Å². The van der Waals surface area contributed by atoms with Gasteiger partial charge in [0.05, 0.1) is 11.8 Å². The first-order chi connectivity index (χ1) is 18.6. The van der Waals surface area contributed by atoms with Crippen molar-refractivity contribution in [2.24, 2.45) is 11.8 Å². The Morgan fingerprint density at radius 1 is 0.579 bits per heavy atom. The number of carboxylic acids is 1. The van der Waals surface area contributed by atoms with Crippen LogP contribution in [-0.4, -0.2) is 23.1 Å². The maximum absolute atomic E-state index is 12.9. The van der Waals surface area contributed by atoms with Gasteiger partial charge in [-0.25, -0.2) is 0 Å². The predicted molar refractivity (Wildman–Crippen MR) is 161 cm³/mol. The largest absolute Gasteiger partial charge is 0.481 e. The lowest BCUT2D eigenvalue weighted by Gasteiger charge is -2.29. The van der Waals surface area contributed by atoms with Crippen molar-refractivity contribution in [3.8, 4) is 0 Å². The molecule has 0 aliphatic heterocycles. The molecule has 1 aliphatic rings. The molecule has 38 heavy (non-hydrogen) atoms. The molecule has 3 atom stereocenters. The molecule has 0 bridgehead atoms. The van der Waals surface area contributed by atoms with E-state index in [0.29, 0.717) is 12.8 Å². The minimum atomic E-state index is -0.833. The van der Waals surface area contributed by atoms with Crippen molar-refractivity contribution in [2.75, 3.05) is 0 Å². The van der Waals surface area contributed by atoms with E-state index in [1.807, 2.05) is 0 Å². The molecule has 1 rings (SSSR count). The number of aliphatic carboxylic acids is 1. The van der Waals surface area contributed by atoms with Gasteiger partial charge in [0.2, 0.25) is 0 Å². The van der Waals surface area contributed by atoms with Crippen molar-refractivity contribution in [1.82, 2.24) is 0 Å². The van der Waals surface area contributed by atoms with Crippen LogP contribution in [0.25, 0.3) is 0 Å². The highest BCUT2D eigenvalue weighted by atomic mass is 16.5. The minimum Gasteiger partial charge on any atom is -0.481 e. The second kappa shape index (κ2) is 24.9. The summed E-state index contributed by atoms with van der Waals surface area (Å²) >= 11 is 0. The van der Waals surface area contributed by atoms with Gasteiger partial charge in [0.15, 0.2) is 0 Å². The fourth-order valence-electron chi connectivity index (χ4n) is 6.12. The Balaban J connectivity index is 2.17. The number of carbonyl (C=O) groups excluding carboxylic acids is 1. The van der Waals surface area contributed by atoms with Crippen LogP contribution in [0.2, 0.25) is 0 Å². The topological polar surface area (TPSA) is 63.6 Å². The smallest absolute Gasteiger partial charge is 0.310 e. The molecule has 0 aromatic rings. The van der Waals surface area contributed by atoms with Crippen molar-refractivity contribution in [3.05, 3.63) is 0 Å². The summed E-state index contributed by atoms with van der Waals surface area (Å²) in [5.74, 6) is -2.08. The van der Waals surface area contributed by atoms with E-state index in [1.54, 1.807) is 0 Å². The number of esters is 1. The maximum Gasteiger partial charge on any atom is 0.310 e. The lowest BCUT2D eigenvalue weighted by atomic mass is 9.79. The summed E-state index contributed by atoms with van der Waals surface area (Å²) in [4.78, 5) is 24.6. The fourth-order valence-corrected chi connectivity index (χ4v) is 6.12. The molecule has 4 nitrogen and oxygen atoms in total. The lowest BCUT2D eigenvalue weighted by Crippen LogP contribution is -2.35. The van der Waals surface area contributed by atoms with Crippen LogP contribution in [0.1, 0.15) is 187 Å². The molecule has 0 radical (unpaired) electrons. The monoisotopic (exact) mass is 536 g/mol. The van der Waals surface area contributed by atoms with E-state index in [-0.39, 0.29) is 12.1 Å². The number of unbranched alkanes of at least 4 members (excludes halogenated alkanes) is 19. The highest BCUT2D eigenvalue weighted by Gasteiger charge is 2.37. The molecular weight excluding hydrogens is 472 g/mol. The van der Waals surface area contributed by atoms with Crippen molar-refractivity contribution in [3.63, 3.8) is 0 Å². The van der Waals surface area contributed by atoms with E-state index < -0.39 is 17.8 Å². The Morgan fingerprint density at radius 2 is 0.921 bits per heavy atom. The first-order valence-electron chi connectivity index (χ1n) is 17.0. The van der Waals surface area contributed by atoms with Gasteiger partial charge >= 0.3 is 11.9 Å². The standard InChI is InChI=1S/C34H64O4/c1-3-5-7-9-10-11-12-13-14-15-16-17-18-19-21-23-27-30(26-22-20-8-6-4-2)38-34(37)32-29-25-24-28-31(32)33(35)36/h30-32H,3-29H2,1-2H3,(H,35,36).